The van der Waals surface area contributed by atoms with Crippen molar-refractivity contribution < 1.29 is 32.4 Å². The number of benzene rings is 2. The predicted octanol–water partition coefficient (Wildman–Crippen LogP) is 4.97. The molecule has 0 aromatic heterocycles. The fourth-order valence-corrected chi connectivity index (χ4v) is 3.31. The van der Waals surface area contributed by atoms with E-state index in [0.29, 0.717) is 21.7 Å². The second kappa shape index (κ2) is 9.79. The van der Waals surface area contributed by atoms with E-state index in [1.807, 2.05) is 0 Å². The summed E-state index contributed by atoms with van der Waals surface area (Å²) in [5, 5.41) is 11.2. The molecule has 0 saturated heterocycles. The molecular weight excluding hydrogens is 473 g/mol. The molecule has 0 atom stereocenters. The number of para-hydroxylation sites is 1. The van der Waals surface area contributed by atoms with Crippen LogP contribution in [0.3, 0.4) is 0 Å². The number of nitro benzene ring substituents is 1. The van der Waals surface area contributed by atoms with Gasteiger partial charge in [-0.05, 0) is 35.0 Å². The monoisotopic (exact) mass is 490 g/mol. The average molecular weight is 491 g/mol. The van der Waals surface area contributed by atoms with Crippen LogP contribution in [-0.4, -0.2) is 42.2 Å². The Morgan fingerprint density at radius 2 is 1.93 bits per heavy atom. The van der Waals surface area contributed by atoms with Gasteiger partial charge in [0, 0.05) is 17.2 Å². The standard InChI is InChI=1S/C19H18BrF3N2O5/c1-3-30-17-14(20)8-13(9-16(17)29-2)18(26)24(11-19(21,22)23)10-12-6-4-5-7-15(12)25(27)28/h4-9H,3,10-11H2,1-2H3. The van der Waals surface area contributed by atoms with E-state index in [0.717, 1.165) is 0 Å². The summed E-state index contributed by atoms with van der Waals surface area (Å²) in [6.07, 6.45) is -4.70. The van der Waals surface area contributed by atoms with Crippen LogP contribution in [0, 0.1) is 10.1 Å². The van der Waals surface area contributed by atoms with E-state index in [4.69, 9.17) is 9.47 Å². The van der Waals surface area contributed by atoms with Crippen molar-refractivity contribution in [3.05, 3.63) is 62.1 Å². The van der Waals surface area contributed by atoms with Crippen molar-refractivity contribution in [3.63, 3.8) is 0 Å². The lowest BCUT2D eigenvalue weighted by atomic mass is 10.1. The van der Waals surface area contributed by atoms with Gasteiger partial charge in [0.2, 0.25) is 0 Å². The Hall–Kier alpha value is -2.82. The summed E-state index contributed by atoms with van der Waals surface area (Å²) < 4.78 is 50.4. The third-order valence-electron chi connectivity index (χ3n) is 3.97. The number of halogens is 4. The number of alkyl halides is 3. The van der Waals surface area contributed by atoms with E-state index in [2.05, 4.69) is 15.9 Å². The molecule has 162 valence electrons. The van der Waals surface area contributed by atoms with Gasteiger partial charge in [-0.15, -0.1) is 0 Å². The van der Waals surface area contributed by atoms with Crippen LogP contribution >= 0.6 is 15.9 Å². The van der Waals surface area contributed by atoms with E-state index in [9.17, 15) is 28.1 Å². The van der Waals surface area contributed by atoms with Crippen LogP contribution in [0.1, 0.15) is 22.8 Å². The van der Waals surface area contributed by atoms with Crippen LogP contribution in [0.25, 0.3) is 0 Å². The summed E-state index contributed by atoms with van der Waals surface area (Å²) in [5.74, 6) is -0.502. The topological polar surface area (TPSA) is 81.9 Å². The molecule has 0 spiro atoms. The average Bonchev–Trinajstić information content (AvgIpc) is 2.67. The van der Waals surface area contributed by atoms with E-state index in [1.54, 1.807) is 6.92 Å². The zero-order chi connectivity index (χ0) is 22.5. The molecular formula is C19H18BrF3N2O5. The molecule has 7 nitrogen and oxygen atoms in total. The minimum Gasteiger partial charge on any atom is -0.493 e. The number of amides is 1. The molecule has 0 saturated carbocycles. The van der Waals surface area contributed by atoms with Crippen molar-refractivity contribution in [2.24, 2.45) is 0 Å². The molecule has 0 radical (unpaired) electrons. The molecule has 0 bridgehead atoms. The molecule has 0 aliphatic carbocycles. The maximum Gasteiger partial charge on any atom is 0.406 e. The first-order valence-corrected chi connectivity index (χ1v) is 9.45. The van der Waals surface area contributed by atoms with Crippen LogP contribution in [0.15, 0.2) is 40.9 Å². The van der Waals surface area contributed by atoms with Crippen LogP contribution in [0.5, 0.6) is 11.5 Å². The lowest BCUT2D eigenvalue weighted by Gasteiger charge is -2.24. The van der Waals surface area contributed by atoms with E-state index in [1.165, 1.54) is 43.5 Å². The first kappa shape index (κ1) is 23.5. The van der Waals surface area contributed by atoms with Gasteiger partial charge in [-0.3, -0.25) is 14.9 Å². The summed E-state index contributed by atoms with van der Waals surface area (Å²) in [4.78, 5) is 23.9. The number of methoxy groups -OCH3 is 1. The minimum atomic E-state index is -4.70. The van der Waals surface area contributed by atoms with Gasteiger partial charge in [-0.25, -0.2) is 0 Å². The first-order chi connectivity index (χ1) is 14.1. The van der Waals surface area contributed by atoms with E-state index in [-0.39, 0.29) is 22.6 Å². The van der Waals surface area contributed by atoms with Gasteiger partial charge in [0.05, 0.1) is 29.7 Å². The van der Waals surface area contributed by atoms with Crippen molar-refractivity contribution in [2.75, 3.05) is 20.3 Å². The Morgan fingerprint density at radius 3 is 2.50 bits per heavy atom. The summed E-state index contributed by atoms with van der Waals surface area (Å²) >= 11 is 3.23. The van der Waals surface area contributed by atoms with Crippen molar-refractivity contribution >= 4 is 27.5 Å². The number of hydrogen-bond donors (Lipinski definition) is 0. The third-order valence-corrected chi connectivity index (χ3v) is 4.56. The molecule has 1 amide bonds. The fraction of sp³-hybridized carbons (Fsp3) is 0.316. The lowest BCUT2D eigenvalue weighted by molar-refractivity contribution is -0.385. The smallest absolute Gasteiger partial charge is 0.406 e. The van der Waals surface area contributed by atoms with Gasteiger partial charge in [0.25, 0.3) is 11.6 Å². The second-order valence-corrected chi connectivity index (χ2v) is 6.94. The number of nitrogens with zero attached hydrogens (tertiary/aromatic N) is 2. The van der Waals surface area contributed by atoms with Crippen molar-refractivity contribution in [3.8, 4) is 11.5 Å². The Kier molecular flexibility index (Phi) is 7.65. The minimum absolute atomic E-state index is 0.0166. The molecule has 2 aromatic carbocycles. The van der Waals surface area contributed by atoms with Gasteiger partial charge in [-0.1, -0.05) is 18.2 Å². The quantitative estimate of drug-likeness (QED) is 0.385. The maximum absolute atomic E-state index is 13.2. The summed E-state index contributed by atoms with van der Waals surface area (Å²) in [6, 6.07) is 7.91. The molecule has 30 heavy (non-hydrogen) atoms. The number of carbonyl (C=O) groups excluding carboxylic acids is 1. The van der Waals surface area contributed by atoms with E-state index < -0.39 is 30.1 Å². The Morgan fingerprint density at radius 1 is 1.27 bits per heavy atom. The van der Waals surface area contributed by atoms with Crippen molar-refractivity contribution in [1.29, 1.82) is 0 Å². The maximum atomic E-state index is 13.2. The highest BCUT2D eigenvalue weighted by molar-refractivity contribution is 9.10. The van der Waals surface area contributed by atoms with Crippen LogP contribution in [-0.2, 0) is 6.54 Å². The molecule has 2 rings (SSSR count). The van der Waals surface area contributed by atoms with Crippen molar-refractivity contribution in [1.82, 2.24) is 4.90 Å². The molecule has 0 aliphatic heterocycles. The van der Waals surface area contributed by atoms with E-state index >= 15 is 0 Å². The van der Waals surface area contributed by atoms with Gasteiger partial charge >= 0.3 is 6.18 Å². The summed E-state index contributed by atoms with van der Waals surface area (Å²) in [6.45, 7) is -0.128. The molecule has 0 N–H and O–H groups in total. The number of hydrogen-bond acceptors (Lipinski definition) is 5. The first-order valence-electron chi connectivity index (χ1n) is 8.66. The van der Waals surface area contributed by atoms with Gasteiger partial charge in [0.15, 0.2) is 11.5 Å². The molecule has 0 unspecified atom stereocenters. The molecule has 0 heterocycles. The Bertz CT molecular complexity index is 937. The van der Waals surface area contributed by atoms with Crippen LogP contribution in [0.4, 0.5) is 18.9 Å². The predicted molar refractivity (Wildman–Crippen MR) is 106 cm³/mol. The number of carbonyl (C=O) groups is 1. The number of rotatable bonds is 8. The van der Waals surface area contributed by atoms with Crippen LogP contribution < -0.4 is 9.47 Å². The summed E-state index contributed by atoms with van der Waals surface area (Å²) in [5.41, 5.74) is -0.481. The largest absolute Gasteiger partial charge is 0.493 e. The number of nitro groups is 1. The molecule has 0 fully saturated rings. The highest BCUT2D eigenvalue weighted by atomic mass is 79.9. The summed E-state index contributed by atoms with van der Waals surface area (Å²) in [7, 11) is 1.33. The zero-order valence-corrected chi connectivity index (χ0v) is 17.6. The lowest BCUT2D eigenvalue weighted by Crippen LogP contribution is -2.38. The van der Waals surface area contributed by atoms with Gasteiger partial charge in [-0.2, -0.15) is 13.2 Å². The molecule has 11 heteroatoms. The highest BCUT2D eigenvalue weighted by Crippen LogP contribution is 2.37. The highest BCUT2D eigenvalue weighted by Gasteiger charge is 2.34. The third kappa shape index (κ3) is 5.85. The SMILES string of the molecule is CCOc1c(Br)cc(C(=O)N(Cc2ccccc2[N+](=O)[O-])CC(F)(F)F)cc1OC. The van der Waals surface area contributed by atoms with Gasteiger partial charge < -0.3 is 14.4 Å². The number of ether oxygens (including phenoxy) is 2. The van der Waals surface area contributed by atoms with Gasteiger partial charge in [0.1, 0.15) is 6.54 Å². The second-order valence-electron chi connectivity index (χ2n) is 6.08. The fourth-order valence-electron chi connectivity index (χ4n) is 2.75. The Balaban J connectivity index is 2.46. The van der Waals surface area contributed by atoms with Crippen molar-refractivity contribution in [2.45, 2.75) is 19.6 Å². The molecule has 0 aliphatic rings. The zero-order valence-electron chi connectivity index (χ0n) is 16.0. The normalized spacial score (nSPS) is 11.1. The Labute approximate surface area is 178 Å². The van der Waals surface area contributed by atoms with Crippen LogP contribution in [0.2, 0.25) is 0 Å². The molecule has 2 aromatic rings.